The average molecular weight is 744 g/mol. The van der Waals surface area contributed by atoms with Crippen LogP contribution < -0.4 is 35.8 Å². The number of rotatable bonds is 7. The number of para-hydroxylation sites is 5. The Bertz CT molecular complexity index is 2860. The molecule has 2 heterocycles. The molecular weight excluding hydrogens is 705 g/mol. The van der Waals surface area contributed by atoms with E-state index in [1.807, 2.05) is 0 Å². The van der Waals surface area contributed by atoms with Crippen LogP contribution in [0, 0.1) is 6.92 Å². The molecule has 58 heavy (non-hydrogen) atoms. The Balaban J connectivity index is 1.19. The van der Waals surface area contributed by atoms with Crippen LogP contribution in [0.25, 0.3) is 10.8 Å². The predicted octanol–water partition coefficient (Wildman–Crippen LogP) is 12.5. The van der Waals surface area contributed by atoms with Crippen LogP contribution in [0.4, 0.5) is 51.2 Å². The van der Waals surface area contributed by atoms with Crippen LogP contribution in [0.1, 0.15) is 5.56 Å². The molecule has 0 amide bonds. The molecule has 0 spiro atoms. The Morgan fingerprint density at radius 2 is 0.914 bits per heavy atom. The lowest BCUT2D eigenvalue weighted by atomic mass is 9.33. The van der Waals surface area contributed by atoms with Crippen LogP contribution in [0.3, 0.4) is 0 Å². The van der Waals surface area contributed by atoms with Gasteiger partial charge in [0.15, 0.2) is 0 Å². The quantitative estimate of drug-likeness (QED) is 0.151. The standard InChI is InChI=1S/C53H38BN3O/c1-37-33-49-53-50(34-37)58-51-36-47(56(40-23-11-4-12-24-40)41-25-13-5-14-26-41)44-29-17-18-30-45(44)52(51)54(53)46-32-31-43(35-48(46)57(49)42-27-15-6-16-28-42)55(38-19-7-2-8-20-38)39-21-9-3-10-22-39/h2-36H,1H3. The highest BCUT2D eigenvalue weighted by atomic mass is 16.5. The topological polar surface area (TPSA) is 19.0 Å². The van der Waals surface area contributed by atoms with Gasteiger partial charge >= 0.3 is 0 Å². The van der Waals surface area contributed by atoms with Gasteiger partial charge in [0.05, 0.1) is 5.69 Å². The molecule has 0 radical (unpaired) electrons. The zero-order valence-corrected chi connectivity index (χ0v) is 32.0. The van der Waals surface area contributed by atoms with Gasteiger partial charge in [-0.1, -0.05) is 121 Å². The first-order valence-electron chi connectivity index (χ1n) is 19.9. The minimum Gasteiger partial charge on any atom is -0.458 e. The van der Waals surface area contributed by atoms with Crippen molar-refractivity contribution in [3.05, 3.63) is 218 Å². The van der Waals surface area contributed by atoms with E-state index in [0.29, 0.717) is 0 Å². The molecule has 0 bridgehead atoms. The number of aryl methyl sites for hydroxylation is 1. The number of anilines is 9. The van der Waals surface area contributed by atoms with E-state index in [9.17, 15) is 0 Å². The van der Waals surface area contributed by atoms with Gasteiger partial charge in [-0.15, -0.1) is 0 Å². The summed E-state index contributed by atoms with van der Waals surface area (Å²) in [5.41, 5.74) is 14.7. The maximum Gasteiger partial charge on any atom is 0.257 e. The molecule has 2 aliphatic rings. The number of nitrogens with zero attached hydrogens (tertiary/aromatic N) is 3. The molecule has 4 nitrogen and oxygen atoms in total. The summed E-state index contributed by atoms with van der Waals surface area (Å²) in [6, 6.07) is 76.0. The average Bonchev–Trinajstić information content (AvgIpc) is 3.28. The van der Waals surface area contributed by atoms with Crippen molar-refractivity contribution < 1.29 is 4.74 Å². The molecule has 0 aliphatic carbocycles. The molecule has 9 aromatic rings. The number of benzene rings is 9. The lowest BCUT2D eigenvalue weighted by Crippen LogP contribution is -2.59. The Hall–Kier alpha value is -7.50. The summed E-state index contributed by atoms with van der Waals surface area (Å²) in [6.45, 7) is 2.09. The fourth-order valence-corrected chi connectivity index (χ4v) is 9.08. The van der Waals surface area contributed by atoms with E-state index in [1.54, 1.807) is 0 Å². The van der Waals surface area contributed by atoms with Crippen molar-refractivity contribution in [2.24, 2.45) is 0 Å². The maximum absolute atomic E-state index is 7.19. The third kappa shape index (κ3) is 5.54. The van der Waals surface area contributed by atoms with E-state index >= 15 is 0 Å². The highest BCUT2D eigenvalue weighted by Crippen LogP contribution is 2.47. The largest absolute Gasteiger partial charge is 0.458 e. The van der Waals surface area contributed by atoms with E-state index in [4.69, 9.17) is 4.74 Å². The Kier molecular flexibility index (Phi) is 8.11. The Labute approximate surface area is 339 Å². The molecule has 11 rings (SSSR count). The minimum absolute atomic E-state index is 0.0823. The Morgan fingerprint density at radius 3 is 1.50 bits per heavy atom. The summed E-state index contributed by atoms with van der Waals surface area (Å²) in [6.07, 6.45) is 0. The molecule has 0 unspecified atom stereocenters. The van der Waals surface area contributed by atoms with Crippen LogP contribution in [0.15, 0.2) is 212 Å². The van der Waals surface area contributed by atoms with E-state index in [-0.39, 0.29) is 6.71 Å². The van der Waals surface area contributed by atoms with Gasteiger partial charge in [0.2, 0.25) is 0 Å². The number of ether oxygens (including phenoxy) is 1. The van der Waals surface area contributed by atoms with Crippen molar-refractivity contribution >= 4 is 85.1 Å². The predicted molar refractivity (Wildman–Crippen MR) is 244 cm³/mol. The third-order valence-electron chi connectivity index (χ3n) is 11.5. The second kappa shape index (κ2) is 13.9. The molecule has 0 saturated heterocycles. The normalized spacial score (nSPS) is 12.3. The van der Waals surface area contributed by atoms with E-state index in [2.05, 4.69) is 234 Å². The number of hydrogen-bond acceptors (Lipinski definition) is 4. The van der Waals surface area contributed by atoms with Gasteiger partial charge in [0.25, 0.3) is 6.71 Å². The molecule has 5 heteroatoms. The van der Waals surface area contributed by atoms with Crippen LogP contribution in [-0.4, -0.2) is 6.71 Å². The summed E-state index contributed by atoms with van der Waals surface area (Å²) >= 11 is 0. The molecule has 0 saturated carbocycles. The lowest BCUT2D eigenvalue weighted by Gasteiger charge is -2.41. The fraction of sp³-hybridized carbons (Fsp3) is 0.0189. The van der Waals surface area contributed by atoms with Gasteiger partial charge in [-0.05, 0) is 119 Å². The SMILES string of the molecule is Cc1cc2c3c(c1)N(c1ccccc1)c1cc(N(c4ccccc4)c4ccccc4)ccc1B3c1c(cc(N(c3ccccc3)c3ccccc3)c3ccccc13)O2. The summed E-state index contributed by atoms with van der Waals surface area (Å²) in [5, 5.41) is 2.34. The Morgan fingerprint density at radius 1 is 0.414 bits per heavy atom. The minimum atomic E-state index is -0.0823. The first-order valence-corrected chi connectivity index (χ1v) is 19.9. The fourth-order valence-electron chi connectivity index (χ4n) is 9.08. The van der Waals surface area contributed by atoms with Crippen LogP contribution in [-0.2, 0) is 0 Å². The summed E-state index contributed by atoms with van der Waals surface area (Å²) in [5.74, 6) is 1.77. The summed E-state index contributed by atoms with van der Waals surface area (Å²) in [4.78, 5) is 7.14. The van der Waals surface area contributed by atoms with Crippen LogP contribution in [0.5, 0.6) is 11.5 Å². The number of fused-ring (bicyclic) bond motifs is 6. The van der Waals surface area contributed by atoms with Gasteiger partial charge in [-0.25, -0.2) is 0 Å². The van der Waals surface area contributed by atoms with Crippen molar-refractivity contribution in [3.63, 3.8) is 0 Å². The van der Waals surface area contributed by atoms with E-state index in [0.717, 1.165) is 73.6 Å². The smallest absolute Gasteiger partial charge is 0.257 e. The first kappa shape index (κ1) is 33.8. The number of hydrogen-bond donors (Lipinski definition) is 0. The summed E-state index contributed by atoms with van der Waals surface area (Å²) in [7, 11) is 0. The molecule has 0 aromatic heterocycles. The van der Waals surface area contributed by atoms with E-state index < -0.39 is 0 Å². The van der Waals surface area contributed by atoms with Crippen molar-refractivity contribution in [2.75, 3.05) is 14.7 Å². The van der Waals surface area contributed by atoms with Gasteiger partial charge in [0.1, 0.15) is 11.5 Å². The molecule has 274 valence electrons. The zero-order valence-electron chi connectivity index (χ0n) is 32.0. The van der Waals surface area contributed by atoms with Gasteiger partial charge in [0, 0.05) is 57.0 Å². The molecule has 0 fully saturated rings. The highest BCUT2D eigenvalue weighted by Gasteiger charge is 2.43. The van der Waals surface area contributed by atoms with Gasteiger partial charge in [-0.2, -0.15) is 0 Å². The molecule has 0 N–H and O–H groups in total. The second-order valence-electron chi connectivity index (χ2n) is 15.0. The molecule has 2 aliphatic heterocycles. The van der Waals surface area contributed by atoms with Crippen molar-refractivity contribution in [3.8, 4) is 11.5 Å². The van der Waals surface area contributed by atoms with Crippen LogP contribution in [0.2, 0.25) is 0 Å². The van der Waals surface area contributed by atoms with Gasteiger partial charge < -0.3 is 19.4 Å². The molecule has 0 atom stereocenters. The first-order chi connectivity index (χ1) is 28.7. The van der Waals surface area contributed by atoms with Crippen LogP contribution >= 0.6 is 0 Å². The van der Waals surface area contributed by atoms with Crippen molar-refractivity contribution in [1.82, 2.24) is 0 Å². The lowest BCUT2D eigenvalue weighted by molar-refractivity contribution is 0.488. The molecular formula is C53H38BN3O. The monoisotopic (exact) mass is 743 g/mol. The maximum atomic E-state index is 7.19. The zero-order chi connectivity index (χ0) is 38.6. The summed E-state index contributed by atoms with van der Waals surface area (Å²) < 4.78 is 7.19. The second-order valence-corrected chi connectivity index (χ2v) is 15.0. The third-order valence-corrected chi connectivity index (χ3v) is 11.5. The van der Waals surface area contributed by atoms with Crippen molar-refractivity contribution in [2.45, 2.75) is 6.92 Å². The van der Waals surface area contributed by atoms with E-state index in [1.165, 1.54) is 21.8 Å². The highest BCUT2D eigenvalue weighted by molar-refractivity contribution is 7.00. The van der Waals surface area contributed by atoms with Crippen molar-refractivity contribution in [1.29, 1.82) is 0 Å². The molecule has 9 aromatic carbocycles. The van der Waals surface area contributed by atoms with Gasteiger partial charge in [-0.3, -0.25) is 0 Å².